The molecule has 0 spiro atoms. The fourth-order valence-corrected chi connectivity index (χ4v) is 2.07. The van der Waals surface area contributed by atoms with Crippen LogP contribution in [0.5, 0.6) is 0 Å². The first kappa shape index (κ1) is 15.7. The van der Waals surface area contributed by atoms with Gasteiger partial charge in [-0.05, 0) is 23.8 Å². The number of nitrogens with two attached hydrogens (primary N) is 1. The van der Waals surface area contributed by atoms with Gasteiger partial charge in [0.2, 0.25) is 0 Å². The lowest BCUT2D eigenvalue weighted by Crippen LogP contribution is -2.36. The van der Waals surface area contributed by atoms with Crippen LogP contribution in [0, 0.1) is 0 Å². The van der Waals surface area contributed by atoms with Crippen molar-refractivity contribution in [3.63, 3.8) is 0 Å². The van der Waals surface area contributed by atoms with Crippen molar-refractivity contribution in [2.24, 2.45) is 5.73 Å². The molecule has 1 atom stereocenters. The molecule has 2 aromatic rings. The summed E-state index contributed by atoms with van der Waals surface area (Å²) in [4.78, 5) is 14.4. The summed E-state index contributed by atoms with van der Waals surface area (Å²) in [6, 6.07) is 3.97. The number of fused-ring (bicyclic) bond motifs is 1. The minimum absolute atomic E-state index is 0.0526. The molecule has 8 heteroatoms. The number of benzene rings is 1. The zero-order chi connectivity index (χ0) is 15.6. The van der Waals surface area contributed by atoms with Crippen molar-refractivity contribution in [3.8, 4) is 0 Å². The Kier molecular flexibility index (Phi) is 4.43. The summed E-state index contributed by atoms with van der Waals surface area (Å²) in [6.07, 6.45) is -2.88. The molecule has 0 aliphatic rings. The minimum Gasteiger partial charge on any atom is -0.455 e. The van der Waals surface area contributed by atoms with Crippen molar-refractivity contribution in [2.75, 3.05) is 6.61 Å². The molecule has 1 heterocycles. The molecule has 0 radical (unpaired) electrons. The first-order valence-corrected chi connectivity index (χ1v) is 6.38. The van der Waals surface area contributed by atoms with E-state index in [4.69, 9.17) is 17.3 Å². The van der Waals surface area contributed by atoms with Crippen LogP contribution in [0.15, 0.2) is 24.4 Å². The summed E-state index contributed by atoms with van der Waals surface area (Å²) in [5.74, 6) is -1.09. The van der Waals surface area contributed by atoms with Crippen LogP contribution in [-0.2, 0) is 16.0 Å². The Bertz CT molecular complexity index is 654. The predicted molar refractivity (Wildman–Crippen MR) is 72.0 cm³/mol. The van der Waals surface area contributed by atoms with E-state index in [1.54, 1.807) is 24.4 Å². The Balaban J connectivity index is 2.05. The highest BCUT2D eigenvalue weighted by atomic mass is 35.5. The largest absolute Gasteiger partial charge is 0.455 e. The van der Waals surface area contributed by atoms with Gasteiger partial charge in [0, 0.05) is 28.5 Å². The van der Waals surface area contributed by atoms with E-state index >= 15 is 0 Å². The third-order valence-electron chi connectivity index (χ3n) is 2.85. The number of halogens is 4. The molecular formula is C13H12ClF3N2O2. The number of nitrogens with one attached hydrogen (secondary N) is 1. The second kappa shape index (κ2) is 5.95. The molecular weight excluding hydrogens is 309 g/mol. The molecule has 0 saturated carbocycles. The van der Waals surface area contributed by atoms with Gasteiger partial charge in [-0.2, -0.15) is 13.2 Å². The van der Waals surface area contributed by atoms with Crippen molar-refractivity contribution in [1.29, 1.82) is 0 Å². The second-order valence-corrected chi connectivity index (χ2v) is 4.97. The molecule has 1 aromatic carbocycles. The number of hydrogen-bond acceptors (Lipinski definition) is 3. The van der Waals surface area contributed by atoms with Crippen LogP contribution >= 0.6 is 11.6 Å². The number of aromatic nitrogens is 1. The molecule has 2 rings (SSSR count). The van der Waals surface area contributed by atoms with E-state index < -0.39 is 24.8 Å². The number of H-pyrrole nitrogens is 1. The van der Waals surface area contributed by atoms with E-state index in [1.165, 1.54) is 0 Å². The summed E-state index contributed by atoms with van der Waals surface area (Å²) >= 11 is 5.88. The summed E-state index contributed by atoms with van der Waals surface area (Å²) in [7, 11) is 0. The summed E-state index contributed by atoms with van der Waals surface area (Å²) in [5, 5.41) is 1.28. The van der Waals surface area contributed by atoms with Crippen LogP contribution < -0.4 is 5.73 Å². The van der Waals surface area contributed by atoms with Crippen molar-refractivity contribution in [1.82, 2.24) is 4.98 Å². The van der Waals surface area contributed by atoms with E-state index in [2.05, 4.69) is 9.72 Å². The maximum absolute atomic E-state index is 12.0. The quantitative estimate of drug-likeness (QED) is 0.851. The van der Waals surface area contributed by atoms with Gasteiger partial charge in [-0.1, -0.05) is 11.6 Å². The smallest absolute Gasteiger partial charge is 0.422 e. The topological polar surface area (TPSA) is 68.1 Å². The van der Waals surface area contributed by atoms with E-state index in [9.17, 15) is 18.0 Å². The van der Waals surface area contributed by atoms with Gasteiger partial charge in [-0.3, -0.25) is 4.79 Å². The number of ether oxygens (including phenoxy) is 1. The zero-order valence-corrected chi connectivity index (χ0v) is 11.5. The molecule has 0 bridgehead atoms. The highest BCUT2D eigenvalue weighted by Gasteiger charge is 2.30. The molecule has 1 aromatic heterocycles. The molecule has 0 unspecified atom stereocenters. The van der Waals surface area contributed by atoms with Crippen LogP contribution in [0.25, 0.3) is 10.9 Å². The number of aromatic amines is 1. The van der Waals surface area contributed by atoms with E-state index in [0.717, 1.165) is 10.9 Å². The average molecular weight is 321 g/mol. The van der Waals surface area contributed by atoms with Crippen molar-refractivity contribution in [2.45, 2.75) is 18.6 Å². The summed E-state index contributed by atoms with van der Waals surface area (Å²) < 4.78 is 40.0. The third kappa shape index (κ3) is 4.12. The number of carbonyl (C=O) groups excluding carboxylic acids is 1. The fraction of sp³-hybridized carbons (Fsp3) is 0.308. The van der Waals surface area contributed by atoms with Gasteiger partial charge in [0.1, 0.15) is 6.04 Å². The molecule has 114 valence electrons. The Morgan fingerprint density at radius 1 is 1.43 bits per heavy atom. The lowest BCUT2D eigenvalue weighted by Gasteiger charge is -2.12. The fourth-order valence-electron chi connectivity index (χ4n) is 1.90. The van der Waals surface area contributed by atoms with Gasteiger partial charge >= 0.3 is 12.1 Å². The van der Waals surface area contributed by atoms with Crippen LogP contribution in [-0.4, -0.2) is 29.8 Å². The number of esters is 1. The van der Waals surface area contributed by atoms with Crippen LogP contribution in [0.2, 0.25) is 5.02 Å². The monoisotopic (exact) mass is 320 g/mol. The highest BCUT2D eigenvalue weighted by Crippen LogP contribution is 2.23. The van der Waals surface area contributed by atoms with Gasteiger partial charge in [0.15, 0.2) is 6.61 Å². The SMILES string of the molecule is N[C@@H](Cc1c[nH]c2ccc(Cl)cc12)C(=O)OCC(F)(F)F. The molecule has 0 fully saturated rings. The van der Waals surface area contributed by atoms with Crippen molar-refractivity contribution >= 4 is 28.5 Å². The highest BCUT2D eigenvalue weighted by molar-refractivity contribution is 6.31. The first-order chi connectivity index (χ1) is 9.76. The molecule has 4 nitrogen and oxygen atoms in total. The predicted octanol–water partition coefficient (Wildman–Crippen LogP) is 2.80. The van der Waals surface area contributed by atoms with Gasteiger partial charge in [-0.25, -0.2) is 0 Å². The Hall–Kier alpha value is -1.73. The van der Waals surface area contributed by atoms with Crippen LogP contribution in [0.3, 0.4) is 0 Å². The Morgan fingerprint density at radius 3 is 2.81 bits per heavy atom. The number of carbonyl (C=O) groups is 1. The molecule has 21 heavy (non-hydrogen) atoms. The average Bonchev–Trinajstić information content (AvgIpc) is 2.77. The van der Waals surface area contributed by atoms with Crippen LogP contribution in [0.4, 0.5) is 13.2 Å². The maximum Gasteiger partial charge on any atom is 0.422 e. The maximum atomic E-state index is 12.0. The summed E-state index contributed by atoms with van der Waals surface area (Å²) in [5.41, 5.74) is 7.06. The molecule has 0 aliphatic heterocycles. The molecule has 0 aliphatic carbocycles. The van der Waals surface area contributed by atoms with E-state index in [1.807, 2.05) is 0 Å². The van der Waals surface area contributed by atoms with Crippen LogP contribution in [0.1, 0.15) is 5.56 Å². The van der Waals surface area contributed by atoms with E-state index in [-0.39, 0.29) is 6.42 Å². The van der Waals surface area contributed by atoms with Crippen molar-refractivity contribution < 1.29 is 22.7 Å². The van der Waals surface area contributed by atoms with Gasteiger partial charge in [-0.15, -0.1) is 0 Å². The minimum atomic E-state index is -4.57. The lowest BCUT2D eigenvalue weighted by molar-refractivity contribution is -0.187. The standard InChI is InChI=1S/C13H12ClF3N2O2/c14-8-1-2-11-9(4-8)7(5-19-11)3-10(18)12(20)21-6-13(15,16)17/h1-2,4-5,10,19H,3,6,18H2/t10-/m0/s1. The Morgan fingerprint density at radius 2 is 2.14 bits per heavy atom. The van der Waals surface area contributed by atoms with Crippen molar-refractivity contribution in [3.05, 3.63) is 35.0 Å². The number of rotatable bonds is 4. The van der Waals surface area contributed by atoms with Gasteiger partial charge in [0.05, 0.1) is 0 Å². The number of hydrogen-bond donors (Lipinski definition) is 2. The third-order valence-corrected chi connectivity index (χ3v) is 3.09. The second-order valence-electron chi connectivity index (χ2n) is 4.54. The zero-order valence-electron chi connectivity index (χ0n) is 10.7. The lowest BCUT2D eigenvalue weighted by atomic mass is 10.1. The normalized spacial score (nSPS) is 13.4. The number of alkyl halides is 3. The molecule has 0 saturated heterocycles. The summed E-state index contributed by atoms with van der Waals surface area (Å²) in [6.45, 7) is -1.64. The first-order valence-electron chi connectivity index (χ1n) is 6.01. The Labute approximate surface area is 123 Å². The van der Waals surface area contributed by atoms with E-state index in [0.29, 0.717) is 10.6 Å². The molecule has 0 amide bonds. The molecule has 3 N–H and O–H groups in total. The van der Waals surface area contributed by atoms with Gasteiger partial charge in [0.25, 0.3) is 0 Å². The van der Waals surface area contributed by atoms with Gasteiger partial charge < -0.3 is 15.5 Å².